The Balaban J connectivity index is 0.00000423. The lowest BCUT2D eigenvalue weighted by Crippen LogP contribution is -2.19. The van der Waals surface area contributed by atoms with Gasteiger partial charge in [-0.15, -0.1) is 4.91 Å². The van der Waals surface area contributed by atoms with Gasteiger partial charge in [0.2, 0.25) is 11.8 Å². The molecule has 4 N–H and O–H groups in total. The molecule has 1 fully saturated rings. The summed E-state index contributed by atoms with van der Waals surface area (Å²) in [6, 6.07) is 8.44. The SMILES string of the molecule is O=Nc1cccc2c(O)n(CC(=O)O[C@@H](Cc3c(Cl)c[nH+]cc3Cl)c3ccc(OC(F)F)c(OCC4CC4)c3)c(O)c12.[OH-]. The van der Waals surface area contributed by atoms with Crippen LogP contribution < -0.4 is 14.5 Å². The van der Waals surface area contributed by atoms with Crippen molar-refractivity contribution in [3.05, 3.63) is 74.9 Å². The van der Waals surface area contributed by atoms with Gasteiger partial charge in [-0.2, -0.15) is 8.78 Å². The summed E-state index contributed by atoms with van der Waals surface area (Å²) in [4.78, 5) is 27.2. The quantitative estimate of drug-likeness (QED) is 0.134. The molecule has 43 heavy (non-hydrogen) atoms. The van der Waals surface area contributed by atoms with E-state index in [4.69, 9.17) is 32.7 Å². The number of nitrogens with zero attached hydrogens (tertiary/aromatic N) is 2. The third-order valence-electron chi connectivity index (χ3n) is 6.79. The first kappa shape index (κ1) is 31.7. The number of rotatable bonds is 12. The largest absolute Gasteiger partial charge is 0.870 e. The summed E-state index contributed by atoms with van der Waals surface area (Å²) in [5, 5.41) is 24.8. The molecule has 1 aliphatic carbocycles. The molecule has 0 spiro atoms. The van der Waals surface area contributed by atoms with Gasteiger partial charge < -0.3 is 29.9 Å². The Hall–Kier alpha value is -4.20. The van der Waals surface area contributed by atoms with Crippen molar-refractivity contribution in [2.24, 2.45) is 11.1 Å². The zero-order valence-electron chi connectivity index (χ0n) is 22.2. The molecule has 4 aromatic rings. The van der Waals surface area contributed by atoms with Crippen molar-refractivity contribution in [2.45, 2.75) is 38.5 Å². The van der Waals surface area contributed by atoms with Gasteiger partial charge in [-0.25, -0.2) is 4.98 Å². The Morgan fingerprint density at radius 3 is 2.47 bits per heavy atom. The van der Waals surface area contributed by atoms with Crippen molar-refractivity contribution >= 4 is 45.6 Å². The molecule has 15 heteroatoms. The topological polar surface area (TPSA) is 164 Å². The Morgan fingerprint density at radius 2 is 1.81 bits per heavy atom. The predicted octanol–water partition coefficient (Wildman–Crippen LogP) is 6.31. The number of benzene rings is 2. The molecule has 1 aliphatic rings. The maximum absolute atomic E-state index is 13.2. The van der Waals surface area contributed by atoms with E-state index >= 15 is 0 Å². The van der Waals surface area contributed by atoms with E-state index in [0.29, 0.717) is 23.7 Å². The molecule has 2 aromatic heterocycles. The van der Waals surface area contributed by atoms with Crippen molar-refractivity contribution in [1.82, 2.24) is 4.57 Å². The van der Waals surface area contributed by atoms with Crippen molar-refractivity contribution in [1.29, 1.82) is 0 Å². The average Bonchev–Trinajstić information content (AvgIpc) is 3.76. The molecule has 0 unspecified atom stereocenters. The Morgan fingerprint density at radius 1 is 1.09 bits per heavy atom. The number of esters is 1. The molecular weight excluding hydrogens is 615 g/mol. The molecule has 1 atom stereocenters. The lowest BCUT2D eigenvalue weighted by atomic mass is 10.0. The molecule has 0 saturated heterocycles. The van der Waals surface area contributed by atoms with Crippen molar-refractivity contribution in [3.8, 4) is 23.3 Å². The van der Waals surface area contributed by atoms with Gasteiger partial charge in [-0.1, -0.05) is 35.3 Å². The molecule has 228 valence electrons. The molecule has 0 amide bonds. The van der Waals surface area contributed by atoms with Gasteiger partial charge in [-0.3, -0.25) is 9.36 Å². The molecule has 1 saturated carbocycles. The van der Waals surface area contributed by atoms with Crippen molar-refractivity contribution in [3.63, 3.8) is 0 Å². The number of fused-ring (bicyclic) bond motifs is 1. The summed E-state index contributed by atoms with van der Waals surface area (Å²) in [6.45, 7) is -3.43. The summed E-state index contributed by atoms with van der Waals surface area (Å²) in [6.07, 6.45) is 3.81. The first-order valence-corrected chi connectivity index (χ1v) is 13.5. The first-order chi connectivity index (χ1) is 20.2. The number of aromatic nitrogens is 2. The van der Waals surface area contributed by atoms with E-state index in [9.17, 15) is 28.7 Å². The van der Waals surface area contributed by atoms with Gasteiger partial charge in [0.05, 0.1) is 12.0 Å². The van der Waals surface area contributed by atoms with Crippen LogP contribution >= 0.6 is 23.2 Å². The molecule has 11 nitrogen and oxygen atoms in total. The Kier molecular flexibility index (Phi) is 9.89. The molecule has 5 rings (SSSR count). The number of nitrogens with one attached hydrogen (secondary N) is 1. The minimum atomic E-state index is -3.08. The second-order valence-corrected chi connectivity index (χ2v) is 10.5. The summed E-state index contributed by atoms with van der Waals surface area (Å²) in [5.74, 6) is -1.75. The van der Waals surface area contributed by atoms with Crippen LogP contribution in [0.1, 0.15) is 30.1 Å². The van der Waals surface area contributed by atoms with Gasteiger partial charge in [0, 0.05) is 17.4 Å². The molecular formula is C28H25Cl2F2N3O8. The summed E-state index contributed by atoms with van der Waals surface area (Å²) < 4.78 is 43.2. The zero-order valence-corrected chi connectivity index (χ0v) is 23.7. The average molecular weight is 640 g/mol. The smallest absolute Gasteiger partial charge is 0.387 e. The Labute approximate surface area is 252 Å². The number of carbonyl (C=O) groups is 1. The highest BCUT2D eigenvalue weighted by molar-refractivity contribution is 6.35. The number of H-pyrrole nitrogens is 1. The predicted molar refractivity (Wildman–Crippen MR) is 150 cm³/mol. The summed E-state index contributed by atoms with van der Waals surface area (Å²) >= 11 is 12.7. The number of ether oxygens (including phenoxy) is 3. The van der Waals surface area contributed by atoms with Gasteiger partial charge in [0.1, 0.15) is 28.4 Å². The standard InChI is InChI=1S/C28H23Cl2F2N3O7.H2O/c29-18-10-33-11-19(30)17(18)9-22(15-6-7-21(42-28(31)32)23(8-15)40-13-14-4-5-14)41-24(36)12-35-26(37)16-2-1-3-20(34-39)25(16)27(35)38;/h1-3,6-8,10-11,14,22,28,37-38H,4-5,9,12-13H2;1H2/t22-;/m0./s1. The van der Waals surface area contributed by atoms with Crippen LogP contribution in [0.3, 0.4) is 0 Å². The minimum absolute atomic E-state index is 0. The van der Waals surface area contributed by atoms with Crippen LogP contribution in [0.4, 0.5) is 14.5 Å². The van der Waals surface area contributed by atoms with E-state index in [1.807, 2.05) is 0 Å². The second kappa shape index (κ2) is 13.4. The van der Waals surface area contributed by atoms with Crippen LogP contribution in [0.25, 0.3) is 10.8 Å². The number of hydrogen-bond acceptors (Lipinski definition) is 9. The molecule has 0 radical (unpaired) electrons. The molecule has 0 aliphatic heterocycles. The highest BCUT2D eigenvalue weighted by atomic mass is 35.5. The number of aromatic hydroxyl groups is 2. The van der Waals surface area contributed by atoms with Gasteiger partial charge in [0.15, 0.2) is 23.9 Å². The van der Waals surface area contributed by atoms with E-state index in [-0.39, 0.29) is 49.9 Å². The van der Waals surface area contributed by atoms with E-state index < -0.39 is 37.0 Å². The number of hydrogen-bond donors (Lipinski definition) is 2. The van der Waals surface area contributed by atoms with E-state index in [2.05, 4.69) is 14.9 Å². The maximum atomic E-state index is 13.2. The minimum Gasteiger partial charge on any atom is -0.870 e. The normalized spacial score (nSPS) is 13.4. The zero-order chi connectivity index (χ0) is 30.0. The van der Waals surface area contributed by atoms with Gasteiger partial charge in [-0.05, 0) is 53.8 Å². The van der Waals surface area contributed by atoms with Crippen molar-refractivity contribution in [2.75, 3.05) is 6.61 Å². The van der Waals surface area contributed by atoms with Crippen LogP contribution in [0.2, 0.25) is 10.0 Å². The fraction of sp³-hybridized carbons (Fsp3) is 0.286. The van der Waals surface area contributed by atoms with E-state index in [0.717, 1.165) is 17.4 Å². The number of alkyl halides is 2. The van der Waals surface area contributed by atoms with Crippen LogP contribution in [-0.4, -0.2) is 39.4 Å². The number of nitroso groups, excluding NO2 is 1. The van der Waals surface area contributed by atoms with Crippen LogP contribution in [0.5, 0.6) is 23.3 Å². The lowest BCUT2D eigenvalue weighted by Gasteiger charge is -2.21. The van der Waals surface area contributed by atoms with Crippen LogP contribution in [0.15, 0.2) is 54.0 Å². The van der Waals surface area contributed by atoms with E-state index in [1.165, 1.54) is 48.8 Å². The number of aromatic amines is 1. The molecule has 0 bridgehead atoms. The van der Waals surface area contributed by atoms with Crippen molar-refractivity contribution < 1.29 is 48.5 Å². The van der Waals surface area contributed by atoms with E-state index in [1.54, 1.807) is 0 Å². The van der Waals surface area contributed by atoms with Gasteiger partial charge in [0.25, 0.3) is 0 Å². The number of halogens is 4. The number of pyridine rings is 1. The third-order valence-corrected chi connectivity index (χ3v) is 7.47. The molecule has 2 aromatic carbocycles. The second-order valence-electron chi connectivity index (χ2n) is 9.68. The summed E-state index contributed by atoms with van der Waals surface area (Å²) in [5.41, 5.74) is 0.664. The third kappa shape index (κ3) is 7.07. The van der Waals surface area contributed by atoms with Crippen LogP contribution in [-0.2, 0) is 22.5 Å². The number of carbonyl (C=O) groups excluding carboxylic acids is 1. The maximum Gasteiger partial charge on any atom is 0.387 e. The summed E-state index contributed by atoms with van der Waals surface area (Å²) in [7, 11) is 0. The first-order valence-electron chi connectivity index (χ1n) is 12.8. The Bertz CT molecular complexity index is 1630. The highest BCUT2D eigenvalue weighted by Gasteiger charge is 2.28. The fourth-order valence-electron chi connectivity index (χ4n) is 4.50. The van der Waals surface area contributed by atoms with Crippen LogP contribution in [0, 0.1) is 10.8 Å². The highest BCUT2D eigenvalue weighted by Crippen LogP contribution is 2.42. The fourth-order valence-corrected chi connectivity index (χ4v) is 5.03. The molecule has 2 heterocycles. The van der Waals surface area contributed by atoms with Gasteiger partial charge >= 0.3 is 12.6 Å². The lowest BCUT2D eigenvalue weighted by molar-refractivity contribution is -0.377. The monoisotopic (exact) mass is 639 g/mol.